The van der Waals surface area contributed by atoms with E-state index in [0.29, 0.717) is 36.1 Å². The summed E-state index contributed by atoms with van der Waals surface area (Å²) < 4.78 is 16.6. The van der Waals surface area contributed by atoms with Crippen LogP contribution in [-0.4, -0.2) is 32.5 Å². The summed E-state index contributed by atoms with van der Waals surface area (Å²) in [6.07, 6.45) is 1.38. The monoisotopic (exact) mass is 311 g/mol. The molecule has 2 unspecified atom stereocenters. The summed E-state index contributed by atoms with van der Waals surface area (Å²) in [6, 6.07) is 4.41. The maximum atomic E-state index is 6.26. The van der Waals surface area contributed by atoms with Crippen LogP contribution in [0.15, 0.2) is 12.1 Å². The fraction of sp³-hybridized carbons (Fsp3) is 0.625. The van der Waals surface area contributed by atoms with Crippen LogP contribution in [0.2, 0.25) is 5.02 Å². The van der Waals surface area contributed by atoms with E-state index in [0.717, 1.165) is 24.3 Å². The van der Waals surface area contributed by atoms with Gasteiger partial charge >= 0.3 is 0 Å². The molecule has 116 valence electrons. The van der Waals surface area contributed by atoms with Crippen LogP contribution in [0.5, 0.6) is 11.5 Å². The quantitative estimate of drug-likeness (QED) is 0.928. The highest BCUT2D eigenvalue weighted by Gasteiger charge is 2.48. The van der Waals surface area contributed by atoms with E-state index in [9.17, 15) is 0 Å². The number of benzene rings is 1. The van der Waals surface area contributed by atoms with Crippen molar-refractivity contribution in [1.29, 1.82) is 0 Å². The molecule has 1 aromatic carbocycles. The Labute approximate surface area is 130 Å². The fourth-order valence-electron chi connectivity index (χ4n) is 3.14. The highest BCUT2D eigenvalue weighted by atomic mass is 35.5. The van der Waals surface area contributed by atoms with Crippen LogP contribution in [0.4, 0.5) is 0 Å². The summed E-state index contributed by atoms with van der Waals surface area (Å²) in [5.41, 5.74) is 1.27. The van der Waals surface area contributed by atoms with Crippen molar-refractivity contribution in [3.05, 3.63) is 22.7 Å². The van der Waals surface area contributed by atoms with Gasteiger partial charge in [0, 0.05) is 25.1 Å². The molecule has 3 rings (SSSR count). The summed E-state index contributed by atoms with van der Waals surface area (Å²) >= 11 is 6.26. The van der Waals surface area contributed by atoms with Crippen molar-refractivity contribution in [2.75, 3.05) is 20.3 Å². The number of hydrogen-bond donors (Lipinski definition) is 1. The number of halogens is 1. The number of hydrogen-bond acceptors (Lipinski definition) is 4. The van der Waals surface area contributed by atoms with Crippen molar-refractivity contribution in [3.63, 3.8) is 0 Å². The highest BCUT2D eigenvalue weighted by molar-refractivity contribution is 6.32. The molecule has 0 saturated heterocycles. The molecular formula is C16H22ClNO3. The van der Waals surface area contributed by atoms with Gasteiger partial charge in [-0.2, -0.15) is 0 Å². The van der Waals surface area contributed by atoms with Crippen molar-refractivity contribution in [2.45, 2.75) is 39.0 Å². The topological polar surface area (TPSA) is 39.7 Å². The van der Waals surface area contributed by atoms with Gasteiger partial charge in [0.15, 0.2) is 11.5 Å². The molecule has 4 nitrogen and oxygen atoms in total. The minimum atomic E-state index is 0.159. The summed E-state index contributed by atoms with van der Waals surface area (Å²) in [6.45, 7) is 6.36. The lowest BCUT2D eigenvalue weighted by Crippen LogP contribution is -2.60. The average molecular weight is 312 g/mol. The molecule has 0 aromatic heterocycles. The van der Waals surface area contributed by atoms with Crippen LogP contribution in [0.1, 0.15) is 25.8 Å². The van der Waals surface area contributed by atoms with E-state index in [1.54, 1.807) is 7.11 Å². The van der Waals surface area contributed by atoms with Crippen molar-refractivity contribution in [3.8, 4) is 11.5 Å². The van der Waals surface area contributed by atoms with Gasteiger partial charge in [-0.3, -0.25) is 0 Å². The minimum absolute atomic E-state index is 0.159. The van der Waals surface area contributed by atoms with E-state index in [1.807, 2.05) is 12.1 Å². The number of nitrogens with one attached hydrogen (secondary N) is 1. The van der Waals surface area contributed by atoms with Gasteiger partial charge < -0.3 is 19.5 Å². The van der Waals surface area contributed by atoms with E-state index in [2.05, 4.69) is 19.2 Å². The van der Waals surface area contributed by atoms with E-state index >= 15 is 0 Å². The molecule has 1 heterocycles. The first-order chi connectivity index (χ1) is 10.0. The maximum absolute atomic E-state index is 6.26. The zero-order valence-corrected chi connectivity index (χ0v) is 13.5. The van der Waals surface area contributed by atoms with Crippen LogP contribution in [-0.2, 0) is 11.3 Å². The standard InChI is InChI=1S/C16H22ClNO3/c1-16(2)13(8-14(16)19-3)18-9-10-6-11(17)15-12(7-10)20-4-5-21-15/h6-7,13-14,18H,4-5,8-9H2,1-3H3. The Bertz CT molecular complexity index is 532. The Balaban J connectivity index is 1.65. The third-order valence-corrected chi connectivity index (χ3v) is 4.95. The van der Waals surface area contributed by atoms with Crippen molar-refractivity contribution in [1.82, 2.24) is 5.32 Å². The first-order valence-electron chi connectivity index (χ1n) is 7.36. The average Bonchev–Trinajstić information content (AvgIpc) is 2.46. The van der Waals surface area contributed by atoms with Gasteiger partial charge in [-0.1, -0.05) is 25.4 Å². The van der Waals surface area contributed by atoms with Gasteiger partial charge in [0.1, 0.15) is 13.2 Å². The Morgan fingerprint density at radius 2 is 2.10 bits per heavy atom. The summed E-state index contributed by atoms with van der Waals surface area (Å²) in [5.74, 6) is 1.41. The van der Waals surface area contributed by atoms with Gasteiger partial charge in [-0.15, -0.1) is 0 Å². The lowest BCUT2D eigenvalue weighted by Gasteiger charge is -2.51. The van der Waals surface area contributed by atoms with Crippen LogP contribution in [0.25, 0.3) is 0 Å². The molecule has 0 amide bonds. The Morgan fingerprint density at radius 1 is 1.33 bits per heavy atom. The van der Waals surface area contributed by atoms with Crippen LogP contribution in [0.3, 0.4) is 0 Å². The van der Waals surface area contributed by atoms with Gasteiger partial charge in [0.05, 0.1) is 11.1 Å². The second-order valence-electron chi connectivity index (χ2n) is 6.32. The molecule has 2 atom stereocenters. The molecule has 1 aromatic rings. The largest absolute Gasteiger partial charge is 0.486 e. The van der Waals surface area contributed by atoms with Gasteiger partial charge in [-0.25, -0.2) is 0 Å². The zero-order chi connectivity index (χ0) is 15.0. The van der Waals surface area contributed by atoms with Crippen LogP contribution >= 0.6 is 11.6 Å². The molecule has 1 aliphatic carbocycles. The third kappa shape index (κ3) is 2.72. The fourth-order valence-corrected chi connectivity index (χ4v) is 3.43. The molecule has 1 saturated carbocycles. The number of fused-ring (bicyclic) bond motifs is 1. The molecule has 1 N–H and O–H groups in total. The molecule has 1 aliphatic heterocycles. The second kappa shape index (κ2) is 5.67. The van der Waals surface area contributed by atoms with Crippen molar-refractivity contribution < 1.29 is 14.2 Å². The zero-order valence-electron chi connectivity index (χ0n) is 12.7. The number of rotatable bonds is 4. The van der Waals surface area contributed by atoms with Crippen molar-refractivity contribution in [2.24, 2.45) is 5.41 Å². The summed E-state index contributed by atoms with van der Waals surface area (Å²) in [5, 5.41) is 4.21. The number of ether oxygens (including phenoxy) is 3. The molecule has 0 bridgehead atoms. The van der Waals surface area contributed by atoms with E-state index in [4.69, 9.17) is 25.8 Å². The smallest absolute Gasteiger partial charge is 0.179 e. The lowest BCUT2D eigenvalue weighted by atomic mass is 9.64. The van der Waals surface area contributed by atoms with Crippen LogP contribution in [0, 0.1) is 5.41 Å². The first-order valence-corrected chi connectivity index (χ1v) is 7.74. The minimum Gasteiger partial charge on any atom is -0.486 e. The second-order valence-corrected chi connectivity index (χ2v) is 6.72. The maximum Gasteiger partial charge on any atom is 0.179 e. The molecular weight excluding hydrogens is 290 g/mol. The first kappa shape index (κ1) is 14.9. The van der Waals surface area contributed by atoms with Gasteiger partial charge in [0.2, 0.25) is 0 Å². The SMILES string of the molecule is COC1CC(NCc2cc(Cl)c3c(c2)OCCO3)C1(C)C. The Hall–Kier alpha value is -0.970. The molecule has 2 aliphatic rings. The molecule has 1 fully saturated rings. The van der Waals surface area contributed by atoms with Gasteiger partial charge in [-0.05, 0) is 24.1 Å². The molecule has 21 heavy (non-hydrogen) atoms. The lowest BCUT2D eigenvalue weighted by molar-refractivity contribution is -0.0979. The predicted molar refractivity (Wildman–Crippen MR) is 82.3 cm³/mol. The number of methoxy groups -OCH3 is 1. The highest BCUT2D eigenvalue weighted by Crippen LogP contribution is 2.43. The normalized spacial score (nSPS) is 26.3. The van der Waals surface area contributed by atoms with E-state index < -0.39 is 0 Å². The summed E-state index contributed by atoms with van der Waals surface area (Å²) in [4.78, 5) is 0. The predicted octanol–water partition coefficient (Wildman–Crippen LogP) is 3.01. The van der Waals surface area contributed by atoms with E-state index in [-0.39, 0.29) is 5.41 Å². The Morgan fingerprint density at radius 3 is 2.81 bits per heavy atom. The third-order valence-electron chi connectivity index (χ3n) is 4.67. The van der Waals surface area contributed by atoms with E-state index in [1.165, 1.54) is 0 Å². The summed E-state index contributed by atoms with van der Waals surface area (Å²) in [7, 11) is 1.78. The molecule has 0 radical (unpaired) electrons. The molecule has 0 spiro atoms. The Kier molecular flexibility index (Phi) is 4.04. The van der Waals surface area contributed by atoms with Crippen LogP contribution < -0.4 is 14.8 Å². The molecule has 5 heteroatoms. The van der Waals surface area contributed by atoms with Crippen molar-refractivity contribution >= 4 is 11.6 Å². The van der Waals surface area contributed by atoms with Gasteiger partial charge in [0.25, 0.3) is 0 Å².